The molecule has 0 amide bonds. The minimum atomic E-state index is 0.00310. The second-order valence-corrected chi connectivity index (χ2v) is 6.42. The van der Waals surface area contributed by atoms with E-state index in [1.54, 1.807) is 0 Å². The first-order valence-electron chi connectivity index (χ1n) is 7.99. The predicted octanol–water partition coefficient (Wildman–Crippen LogP) is 4.53. The number of hydrogen-bond donors (Lipinski definition) is 1. The van der Waals surface area contributed by atoms with Crippen LogP contribution in [0.1, 0.15) is 77.6 Å². The van der Waals surface area contributed by atoms with Gasteiger partial charge in [-0.2, -0.15) is 0 Å². The van der Waals surface area contributed by atoms with Crippen LogP contribution in [-0.4, -0.2) is 11.2 Å². The van der Waals surface area contributed by atoms with Gasteiger partial charge in [0, 0.05) is 0 Å². The van der Waals surface area contributed by atoms with Crippen molar-refractivity contribution in [3.63, 3.8) is 0 Å². The first kappa shape index (κ1) is 13.4. The highest BCUT2D eigenvalue weighted by molar-refractivity contribution is 4.82. The molecule has 0 radical (unpaired) electrons. The number of aliphatic hydroxyl groups excluding tert-OH is 1. The SMILES string of the molecule is CCC1CCCCC1C(O)CC1CCCCC1. The van der Waals surface area contributed by atoms with Crippen LogP contribution in [0.5, 0.6) is 0 Å². The standard InChI is InChI=1S/C16H30O/c1-2-14-10-6-7-11-15(14)16(17)12-13-8-4-3-5-9-13/h13-17H,2-12H2,1H3. The molecule has 17 heavy (non-hydrogen) atoms. The maximum absolute atomic E-state index is 10.5. The summed E-state index contributed by atoms with van der Waals surface area (Å²) in [4.78, 5) is 0. The average Bonchev–Trinajstić information content (AvgIpc) is 2.40. The summed E-state index contributed by atoms with van der Waals surface area (Å²) < 4.78 is 0. The van der Waals surface area contributed by atoms with Crippen molar-refractivity contribution in [1.82, 2.24) is 0 Å². The molecule has 1 N–H and O–H groups in total. The Hall–Kier alpha value is -0.0400. The van der Waals surface area contributed by atoms with E-state index in [-0.39, 0.29) is 6.10 Å². The summed E-state index contributed by atoms with van der Waals surface area (Å²) in [5.41, 5.74) is 0. The highest BCUT2D eigenvalue weighted by Crippen LogP contribution is 2.38. The smallest absolute Gasteiger partial charge is 0.0573 e. The molecule has 0 spiro atoms. The fraction of sp³-hybridized carbons (Fsp3) is 1.00. The zero-order valence-corrected chi connectivity index (χ0v) is 11.5. The molecule has 1 heteroatoms. The lowest BCUT2D eigenvalue weighted by Crippen LogP contribution is -2.32. The lowest BCUT2D eigenvalue weighted by molar-refractivity contribution is 0.0242. The van der Waals surface area contributed by atoms with Gasteiger partial charge in [-0.15, -0.1) is 0 Å². The number of aliphatic hydroxyl groups is 1. The van der Waals surface area contributed by atoms with Crippen LogP contribution >= 0.6 is 0 Å². The molecule has 0 heterocycles. The Labute approximate surface area is 107 Å². The molecule has 0 bridgehead atoms. The van der Waals surface area contributed by atoms with Crippen LogP contribution in [0.4, 0.5) is 0 Å². The van der Waals surface area contributed by atoms with Crippen LogP contribution in [0, 0.1) is 17.8 Å². The van der Waals surface area contributed by atoms with Crippen LogP contribution in [0.2, 0.25) is 0 Å². The Bertz CT molecular complexity index is 208. The van der Waals surface area contributed by atoms with E-state index in [2.05, 4.69) is 6.92 Å². The molecule has 0 aromatic rings. The highest BCUT2D eigenvalue weighted by atomic mass is 16.3. The van der Waals surface area contributed by atoms with Crippen LogP contribution in [0.25, 0.3) is 0 Å². The van der Waals surface area contributed by atoms with Crippen molar-refractivity contribution in [1.29, 1.82) is 0 Å². The van der Waals surface area contributed by atoms with Crippen molar-refractivity contribution < 1.29 is 5.11 Å². The molecule has 100 valence electrons. The summed E-state index contributed by atoms with van der Waals surface area (Å²) in [5, 5.41) is 10.5. The lowest BCUT2D eigenvalue weighted by Gasteiger charge is -2.36. The molecular formula is C16H30O. The molecule has 2 saturated carbocycles. The Morgan fingerprint density at radius 2 is 1.59 bits per heavy atom. The molecule has 0 saturated heterocycles. The Morgan fingerprint density at radius 3 is 2.29 bits per heavy atom. The lowest BCUT2D eigenvalue weighted by atomic mass is 9.72. The fourth-order valence-corrected chi connectivity index (χ4v) is 4.19. The molecule has 2 fully saturated rings. The van der Waals surface area contributed by atoms with Gasteiger partial charge < -0.3 is 5.11 Å². The van der Waals surface area contributed by atoms with Gasteiger partial charge in [-0.1, -0.05) is 64.7 Å². The molecule has 0 aliphatic heterocycles. The zero-order valence-electron chi connectivity index (χ0n) is 11.5. The molecule has 1 nitrogen and oxygen atoms in total. The van der Waals surface area contributed by atoms with Gasteiger partial charge in [-0.05, 0) is 30.6 Å². The molecule has 3 atom stereocenters. The normalized spacial score (nSPS) is 33.5. The number of rotatable bonds is 4. The third-order valence-corrected chi connectivity index (χ3v) is 5.29. The molecule has 2 aliphatic rings. The maximum atomic E-state index is 10.5. The zero-order chi connectivity index (χ0) is 12.1. The monoisotopic (exact) mass is 238 g/mol. The van der Waals surface area contributed by atoms with Gasteiger partial charge in [0.1, 0.15) is 0 Å². The molecular weight excluding hydrogens is 208 g/mol. The summed E-state index contributed by atoms with van der Waals surface area (Å²) in [6.07, 6.45) is 14.7. The Kier molecular flexibility index (Phi) is 5.34. The molecule has 2 aliphatic carbocycles. The van der Waals surface area contributed by atoms with Crippen LogP contribution in [-0.2, 0) is 0 Å². The Morgan fingerprint density at radius 1 is 0.941 bits per heavy atom. The van der Waals surface area contributed by atoms with E-state index in [0.29, 0.717) is 5.92 Å². The van der Waals surface area contributed by atoms with E-state index in [1.807, 2.05) is 0 Å². The van der Waals surface area contributed by atoms with Gasteiger partial charge in [0.05, 0.1) is 6.10 Å². The van der Waals surface area contributed by atoms with Gasteiger partial charge >= 0.3 is 0 Å². The largest absolute Gasteiger partial charge is 0.393 e. The third-order valence-electron chi connectivity index (χ3n) is 5.29. The van der Waals surface area contributed by atoms with Gasteiger partial charge in [-0.3, -0.25) is 0 Å². The minimum absolute atomic E-state index is 0.00310. The van der Waals surface area contributed by atoms with Crippen molar-refractivity contribution in [2.75, 3.05) is 0 Å². The fourth-order valence-electron chi connectivity index (χ4n) is 4.19. The molecule has 0 aromatic heterocycles. The van der Waals surface area contributed by atoms with E-state index in [1.165, 1.54) is 64.2 Å². The second-order valence-electron chi connectivity index (χ2n) is 6.42. The van der Waals surface area contributed by atoms with Crippen molar-refractivity contribution in [3.05, 3.63) is 0 Å². The summed E-state index contributed by atoms with van der Waals surface area (Å²) >= 11 is 0. The molecule has 0 aromatic carbocycles. The second kappa shape index (κ2) is 6.78. The predicted molar refractivity (Wildman–Crippen MR) is 72.9 cm³/mol. The van der Waals surface area contributed by atoms with E-state index in [0.717, 1.165) is 18.3 Å². The Balaban J connectivity index is 1.82. The van der Waals surface area contributed by atoms with Crippen molar-refractivity contribution >= 4 is 0 Å². The van der Waals surface area contributed by atoms with E-state index < -0.39 is 0 Å². The topological polar surface area (TPSA) is 20.2 Å². The van der Waals surface area contributed by atoms with Crippen molar-refractivity contribution in [2.24, 2.45) is 17.8 Å². The van der Waals surface area contributed by atoms with Gasteiger partial charge in [0.25, 0.3) is 0 Å². The maximum Gasteiger partial charge on any atom is 0.0573 e. The first-order chi connectivity index (χ1) is 8.31. The summed E-state index contributed by atoms with van der Waals surface area (Å²) in [6, 6.07) is 0. The third kappa shape index (κ3) is 3.71. The van der Waals surface area contributed by atoms with Crippen LogP contribution < -0.4 is 0 Å². The van der Waals surface area contributed by atoms with Crippen LogP contribution in [0.3, 0.4) is 0 Å². The summed E-state index contributed by atoms with van der Waals surface area (Å²) in [5.74, 6) is 2.26. The molecule has 2 rings (SSSR count). The van der Waals surface area contributed by atoms with E-state index >= 15 is 0 Å². The van der Waals surface area contributed by atoms with Crippen molar-refractivity contribution in [2.45, 2.75) is 83.7 Å². The quantitative estimate of drug-likeness (QED) is 0.762. The van der Waals surface area contributed by atoms with Gasteiger partial charge in [-0.25, -0.2) is 0 Å². The van der Waals surface area contributed by atoms with E-state index in [4.69, 9.17) is 0 Å². The summed E-state index contributed by atoms with van der Waals surface area (Å²) in [6.45, 7) is 2.30. The van der Waals surface area contributed by atoms with Gasteiger partial charge in [0.2, 0.25) is 0 Å². The number of hydrogen-bond acceptors (Lipinski definition) is 1. The van der Waals surface area contributed by atoms with E-state index in [9.17, 15) is 5.11 Å². The first-order valence-corrected chi connectivity index (χ1v) is 7.99. The van der Waals surface area contributed by atoms with Crippen LogP contribution in [0.15, 0.2) is 0 Å². The minimum Gasteiger partial charge on any atom is -0.393 e. The van der Waals surface area contributed by atoms with Crippen molar-refractivity contribution in [3.8, 4) is 0 Å². The average molecular weight is 238 g/mol. The van der Waals surface area contributed by atoms with Gasteiger partial charge in [0.15, 0.2) is 0 Å². The summed E-state index contributed by atoms with van der Waals surface area (Å²) in [7, 11) is 0. The molecule has 3 unspecified atom stereocenters. The highest BCUT2D eigenvalue weighted by Gasteiger charge is 2.31.